The lowest BCUT2D eigenvalue weighted by molar-refractivity contribution is -0.122. The molecule has 0 fully saturated rings. The number of amides is 1. The third kappa shape index (κ3) is 32.9. The van der Waals surface area contributed by atoms with Gasteiger partial charge in [-0.25, -0.2) is 0 Å². The van der Waals surface area contributed by atoms with Crippen molar-refractivity contribution in [3.05, 3.63) is 85.1 Å². The van der Waals surface area contributed by atoms with Crippen molar-refractivity contribution < 1.29 is 22.9 Å². The van der Waals surface area contributed by atoms with Crippen molar-refractivity contribution in [2.45, 2.75) is 148 Å². The third-order valence-corrected chi connectivity index (χ3v) is 8.07. The zero-order valence-electron chi connectivity index (χ0n) is 28.9. The van der Waals surface area contributed by atoms with Gasteiger partial charge in [0.1, 0.15) is 0 Å². The van der Waals surface area contributed by atoms with Crippen molar-refractivity contribution >= 4 is 16.0 Å². The van der Waals surface area contributed by atoms with E-state index in [2.05, 4.69) is 92.1 Å². The molecule has 6 nitrogen and oxygen atoms in total. The number of aliphatic hydroxyl groups excluding tert-OH is 1. The van der Waals surface area contributed by atoms with E-state index < -0.39 is 28.0 Å². The van der Waals surface area contributed by atoms with Gasteiger partial charge < -0.3 is 10.4 Å². The van der Waals surface area contributed by atoms with Crippen LogP contribution in [0.5, 0.6) is 0 Å². The number of unbranched alkanes of at least 4 members (excludes halogenated alkanes) is 10. The second kappa shape index (κ2) is 32.5. The lowest BCUT2D eigenvalue weighted by atomic mass is 10.1. The van der Waals surface area contributed by atoms with E-state index in [0.717, 1.165) is 77.0 Å². The van der Waals surface area contributed by atoms with Gasteiger partial charge in [0.25, 0.3) is 10.1 Å². The largest absolute Gasteiger partial charge is 0.387 e. The van der Waals surface area contributed by atoms with Crippen LogP contribution in [0.25, 0.3) is 0 Å². The van der Waals surface area contributed by atoms with Gasteiger partial charge in [-0.2, -0.15) is 8.42 Å². The van der Waals surface area contributed by atoms with Gasteiger partial charge in [0, 0.05) is 6.42 Å². The lowest BCUT2D eigenvalue weighted by Crippen LogP contribution is -2.46. The molecule has 0 aromatic carbocycles. The Kier molecular flexibility index (Phi) is 30.7. The summed E-state index contributed by atoms with van der Waals surface area (Å²) in [5, 5.41) is 13.1. The van der Waals surface area contributed by atoms with E-state index in [0.29, 0.717) is 12.8 Å². The Morgan fingerprint density at radius 3 is 1.54 bits per heavy atom. The van der Waals surface area contributed by atoms with Crippen LogP contribution in [0.3, 0.4) is 0 Å². The van der Waals surface area contributed by atoms with Crippen LogP contribution in [0.15, 0.2) is 85.1 Å². The highest BCUT2D eigenvalue weighted by Crippen LogP contribution is 2.12. The van der Waals surface area contributed by atoms with Gasteiger partial charge in [-0.1, -0.05) is 137 Å². The first-order chi connectivity index (χ1) is 22.3. The monoisotopic (exact) mass is 659 g/mol. The molecule has 0 spiro atoms. The Bertz CT molecular complexity index is 1040. The van der Waals surface area contributed by atoms with Crippen molar-refractivity contribution in [2.75, 3.05) is 5.75 Å². The summed E-state index contributed by atoms with van der Waals surface area (Å²) in [7, 11) is -4.36. The molecule has 0 saturated heterocycles. The second-order valence-electron chi connectivity index (χ2n) is 11.7. The van der Waals surface area contributed by atoms with Crippen LogP contribution in [0.4, 0.5) is 0 Å². The van der Waals surface area contributed by atoms with Gasteiger partial charge in [0.15, 0.2) is 0 Å². The molecule has 262 valence electrons. The van der Waals surface area contributed by atoms with Gasteiger partial charge in [-0.15, -0.1) is 0 Å². The van der Waals surface area contributed by atoms with Crippen LogP contribution < -0.4 is 5.32 Å². The van der Waals surface area contributed by atoms with E-state index in [9.17, 15) is 22.9 Å². The number of carbonyl (C=O) groups excluding carboxylic acids is 1. The number of allylic oxidation sites excluding steroid dienone is 13. The maximum absolute atomic E-state index is 12.4. The lowest BCUT2D eigenvalue weighted by Gasteiger charge is -2.21. The molecule has 3 N–H and O–H groups in total. The van der Waals surface area contributed by atoms with Gasteiger partial charge >= 0.3 is 0 Å². The molecule has 2 unspecified atom stereocenters. The first-order valence-corrected chi connectivity index (χ1v) is 19.4. The van der Waals surface area contributed by atoms with Crippen LogP contribution in [0.1, 0.15) is 136 Å². The molecule has 0 bridgehead atoms. The van der Waals surface area contributed by atoms with Crippen molar-refractivity contribution in [2.24, 2.45) is 0 Å². The summed E-state index contributed by atoms with van der Waals surface area (Å²) >= 11 is 0. The summed E-state index contributed by atoms with van der Waals surface area (Å²) < 4.78 is 32.3. The van der Waals surface area contributed by atoms with Crippen molar-refractivity contribution in [3.8, 4) is 0 Å². The quantitative estimate of drug-likeness (QED) is 0.0404. The molecule has 2 atom stereocenters. The van der Waals surface area contributed by atoms with Gasteiger partial charge in [-0.3, -0.25) is 9.35 Å². The summed E-state index contributed by atoms with van der Waals surface area (Å²) in [6.07, 6.45) is 47.2. The number of carbonyl (C=O) groups is 1. The van der Waals surface area contributed by atoms with E-state index in [1.54, 1.807) is 6.08 Å². The highest BCUT2D eigenvalue weighted by Gasteiger charge is 2.24. The van der Waals surface area contributed by atoms with Gasteiger partial charge in [0.05, 0.1) is 17.9 Å². The average Bonchev–Trinajstić information content (AvgIpc) is 3.01. The first-order valence-electron chi connectivity index (χ1n) is 17.8. The molecule has 0 rings (SSSR count). The smallest absolute Gasteiger partial charge is 0.267 e. The Balaban J connectivity index is 4.00. The maximum Gasteiger partial charge on any atom is 0.267 e. The summed E-state index contributed by atoms with van der Waals surface area (Å²) in [5.41, 5.74) is 0. The van der Waals surface area contributed by atoms with Crippen LogP contribution in [0.2, 0.25) is 0 Å². The predicted molar refractivity (Wildman–Crippen MR) is 197 cm³/mol. The Morgan fingerprint density at radius 1 is 0.587 bits per heavy atom. The summed E-state index contributed by atoms with van der Waals surface area (Å²) in [6.45, 7) is 4.26. The molecule has 46 heavy (non-hydrogen) atoms. The normalized spacial score (nSPS) is 14.4. The summed E-state index contributed by atoms with van der Waals surface area (Å²) in [4.78, 5) is 12.4. The summed E-state index contributed by atoms with van der Waals surface area (Å²) in [6, 6.07) is -1.09. The van der Waals surface area contributed by atoms with Crippen molar-refractivity contribution in [3.63, 3.8) is 0 Å². The van der Waals surface area contributed by atoms with Crippen LogP contribution in [-0.4, -0.2) is 41.9 Å². The standard InChI is InChI=1S/C39H65NO5S/c1-3-5-7-9-11-13-15-16-17-18-19-20-21-22-23-24-25-27-29-31-33-35-39(42)40-37(36-46(43,44)45)38(41)34-32-30-28-26-14-12-10-8-6-4-2/h5-8,11,13-14,16-17,19-20,26,32,34,37-38,41H,3-4,9-10,12,15,18,21-25,27-31,33,35-36H2,1-2H3,(H,40,42)(H,43,44,45)/b7-5-,8-6+,13-11-,17-16-,20-19-,26-14+,34-32+. The highest BCUT2D eigenvalue weighted by atomic mass is 32.2. The molecule has 1 amide bonds. The molecule has 0 aliphatic carbocycles. The molecule has 7 heteroatoms. The van der Waals surface area contributed by atoms with E-state index in [1.807, 2.05) is 0 Å². The maximum atomic E-state index is 12.4. The van der Waals surface area contributed by atoms with Crippen molar-refractivity contribution in [1.82, 2.24) is 5.32 Å². The van der Waals surface area contributed by atoms with Crippen LogP contribution in [0, 0.1) is 0 Å². The van der Waals surface area contributed by atoms with Crippen LogP contribution >= 0.6 is 0 Å². The van der Waals surface area contributed by atoms with Crippen molar-refractivity contribution in [1.29, 1.82) is 0 Å². The Morgan fingerprint density at radius 2 is 1.00 bits per heavy atom. The molecular formula is C39H65NO5S. The number of aliphatic hydroxyl groups is 1. The zero-order chi connectivity index (χ0) is 34.0. The van der Waals surface area contributed by atoms with Gasteiger partial charge in [0.2, 0.25) is 5.91 Å². The molecular weight excluding hydrogens is 594 g/mol. The zero-order valence-corrected chi connectivity index (χ0v) is 29.7. The molecule has 0 aromatic heterocycles. The minimum absolute atomic E-state index is 0.269. The van der Waals surface area contributed by atoms with E-state index >= 15 is 0 Å². The molecule has 0 radical (unpaired) electrons. The fraction of sp³-hybridized carbons (Fsp3) is 0.615. The van der Waals surface area contributed by atoms with E-state index in [-0.39, 0.29) is 12.3 Å². The molecule has 0 aromatic rings. The highest BCUT2D eigenvalue weighted by molar-refractivity contribution is 7.85. The molecule has 0 saturated carbocycles. The summed E-state index contributed by atoms with van der Waals surface area (Å²) in [5.74, 6) is -1.03. The molecule has 0 heterocycles. The van der Waals surface area contributed by atoms with E-state index in [1.165, 1.54) is 31.8 Å². The number of nitrogens with one attached hydrogen (secondary N) is 1. The Hall–Kier alpha value is -2.48. The van der Waals surface area contributed by atoms with E-state index in [4.69, 9.17) is 0 Å². The molecule has 0 aliphatic rings. The fourth-order valence-electron chi connectivity index (χ4n) is 4.71. The molecule has 0 aliphatic heterocycles. The fourth-order valence-corrected chi connectivity index (χ4v) is 5.45. The minimum atomic E-state index is -4.36. The first kappa shape index (κ1) is 43.5. The Labute approximate surface area is 282 Å². The third-order valence-electron chi connectivity index (χ3n) is 7.29. The van der Waals surface area contributed by atoms with Crippen LogP contribution in [-0.2, 0) is 14.9 Å². The predicted octanol–water partition coefficient (Wildman–Crippen LogP) is 10.1. The second-order valence-corrected chi connectivity index (χ2v) is 13.2. The number of hydrogen-bond acceptors (Lipinski definition) is 4. The van der Waals surface area contributed by atoms with Gasteiger partial charge in [-0.05, 0) is 77.0 Å². The number of rotatable bonds is 30. The number of hydrogen-bond donors (Lipinski definition) is 3. The topological polar surface area (TPSA) is 104 Å². The minimum Gasteiger partial charge on any atom is -0.387 e. The SMILES string of the molecule is CC/C=C\C/C=C\C/C=C\C/C=C\CCCCCCCCCCC(=O)NC(CS(=O)(=O)O)C(O)/C=C/CC/C=C/CC/C=C/CC. The average molecular weight is 660 g/mol.